The lowest BCUT2D eigenvalue weighted by Gasteiger charge is -2.03. The van der Waals surface area contributed by atoms with Crippen LogP contribution in [0.1, 0.15) is 30.2 Å². The third-order valence-corrected chi connectivity index (χ3v) is 3.83. The maximum atomic E-state index is 12.4. The van der Waals surface area contributed by atoms with Crippen LogP contribution in [0.4, 0.5) is 5.69 Å². The van der Waals surface area contributed by atoms with Crippen molar-refractivity contribution in [1.29, 1.82) is 0 Å². The average molecular weight is 322 g/mol. The molecule has 0 aliphatic carbocycles. The molecule has 1 aromatic carbocycles. The number of rotatable bonds is 3. The Morgan fingerprint density at radius 2 is 2.21 bits per heavy atom. The Morgan fingerprint density at radius 1 is 1.38 bits per heavy atom. The summed E-state index contributed by atoms with van der Waals surface area (Å²) in [7, 11) is 1.58. The van der Waals surface area contributed by atoms with Gasteiger partial charge in [0.25, 0.3) is 5.91 Å². The van der Waals surface area contributed by atoms with E-state index in [1.165, 1.54) is 0 Å². The molecule has 1 aromatic heterocycles. The first-order valence-corrected chi connectivity index (χ1v) is 7.71. The molecule has 2 aromatic rings. The molecule has 0 bridgehead atoms. The smallest absolute Gasteiger partial charge is 0.256 e. The molecule has 1 aliphatic heterocycles. The number of anilines is 1. The quantitative estimate of drug-likeness (QED) is 0.601. The van der Waals surface area contributed by atoms with E-state index in [0.29, 0.717) is 29.0 Å². The van der Waals surface area contributed by atoms with Crippen molar-refractivity contribution in [2.45, 2.75) is 19.4 Å². The summed E-state index contributed by atoms with van der Waals surface area (Å²) in [4.78, 5) is 15.4. The molecule has 1 atom stereocenters. The van der Waals surface area contributed by atoms with Gasteiger partial charge >= 0.3 is 0 Å². The highest BCUT2D eigenvalue weighted by atomic mass is 16.5. The largest absolute Gasteiger partial charge is 0.495 e. The van der Waals surface area contributed by atoms with Gasteiger partial charge in [0.15, 0.2) is 0 Å². The Hall–Kier alpha value is -2.97. The maximum absolute atomic E-state index is 12.4. The second-order valence-electron chi connectivity index (χ2n) is 5.39. The van der Waals surface area contributed by atoms with Crippen molar-refractivity contribution in [3.63, 3.8) is 0 Å². The van der Waals surface area contributed by atoms with Crippen LogP contribution in [0.5, 0.6) is 5.75 Å². The van der Waals surface area contributed by atoms with Crippen LogP contribution >= 0.6 is 0 Å². The average Bonchev–Trinajstić information content (AvgIpc) is 3.17. The summed E-state index contributed by atoms with van der Waals surface area (Å²) in [6, 6.07) is 7.30. The van der Waals surface area contributed by atoms with E-state index in [9.17, 15) is 9.90 Å². The molecule has 0 spiro atoms. The van der Waals surface area contributed by atoms with Gasteiger partial charge in [-0.15, -0.1) is 0 Å². The lowest BCUT2D eigenvalue weighted by atomic mass is 9.99. The number of H-pyrrole nitrogens is 1. The number of benzene rings is 1. The van der Waals surface area contributed by atoms with Crippen LogP contribution in [0.2, 0.25) is 0 Å². The maximum Gasteiger partial charge on any atom is 0.256 e. The number of aromatic nitrogens is 1. The van der Waals surface area contributed by atoms with Gasteiger partial charge in [-0.25, -0.2) is 0 Å². The number of aliphatic hydroxyl groups excluding tert-OH is 1. The van der Waals surface area contributed by atoms with Gasteiger partial charge in [-0.05, 0) is 30.7 Å². The summed E-state index contributed by atoms with van der Waals surface area (Å²) >= 11 is 0. The van der Waals surface area contributed by atoms with Gasteiger partial charge < -0.3 is 20.1 Å². The zero-order valence-corrected chi connectivity index (χ0v) is 13.5. The number of fused-ring (bicyclic) bond motifs is 1. The van der Waals surface area contributed by atoms with Crippen LogP contribution in [0.15, 0.2) is 30.5 Å². The molecule has 5 nitrogen and oxygen atoms in total. The van der Waals surface area contributed by atoms with E-state index in [1.807, 2.05) is 25.1 Å². The van der Waals surface area contributed by atoms with Crippen LogP contribution < -0.4 is 10.1 Å². The SMILES string of the molecule is CCC(O)C#Cc1cccc2c1/C(=C/c1[nH]ccc1OC)C(=O)N2. The van der Waals surface area contributed by atoms with E-state index >= 15 is 0 Å². The standard InChI is InChI=1S/C19H18N2O3/c1-3-13(22)8-7-12-5-4-6-15-18(12)14(19(23)21-15)11-16-17(24-2)9-10-20-16/h4-6,9-11,13,20,22H,3H2,1-2H3,(H,21,23)/b14-11-. The van der Waals surface area contributed by atoms with Gasteiger partial charge in [-0.1, -0.05) is 24.8 Å². The third-order valence-electron chi connectivity index (χ3n) is 3.83. The van der Waals surface area contributed by atoms with Crippen molar-refractivity contribution >= 4 is 23.2 Å². The van der Waals surface area contributed by atoms with Gasteiger partial charge in [0.05, 0.1) is 24.1 Å². The summed E-state index contributed by atoms with van der Waals surface area (Å²) in [5.41, 5.74) is 3.40. The molecule has 1 aliphatic rings. The summed E-state index contributed by atoms with van der Waals surface area (Å²) in [5, 5.41) is 12.5. The molecular weight excluding hydrogens is 304 g/mol. The molecule has 1 unspecified atom stereocenters. The topological polar surface area (TPSA) is 74.3 Å². The van der Waals surface area contributed by atoms with Crippen LogP contribution in [-0.2, 0) is 4.79 Å². The number of aromatic amines is 1. The molecule has 3 N–H and O–H groups in total. The number of hydrogen-bond donors (Lipinski definition) is 3. The number of carbonyl (C=O) groups excluding carboxylic acids is 1. The van der Waals surface area contributed by atoms with Gasteiger partial charge in [-0.3, -0.25) is 4.79 Å². The Kier molecular flexibility index (Phi) is 4.41. The normalized spacial score (nSPS) is 15.5. The third kappa shape index (κ3) is 2.92. The van der Waals surface area contributed by atoms with E-state index in [0.717, 1.165) is 11.3 Å². The second kappa shape index (κ2) is 6.65. The molecule has 0 fully saturated rings. The van der Waals surface area contributed by atoms with Crippen molar-refractivity contribution in [1.82, 2.24) is 4.98 Å². The fourth-order valence-electron chi connectivity index (χ4n) is 2.56. The molecule has 3 rings (SSSR count). The van der Waals surface area contributed by atoms with Crippen molar-refractivity contribution in [2.75, 3.05) is 12.4 Å². The molecule has 1 amide bonds. The molecule has 0 radical (unpaired) electrons. The molecule has 0 saturated carbocycles. The Labute approximate surface area is 140 Å². The van der Waals surface area contributed by atoms with Gasteiger partial charge in [0, 0.05) is 17.3 Å². The van der Waals surface area contributed by atoms with Crippen molar-refractivity contribution in [3.8, 4) is 17.6 Å². The Morgan fingerprint density at radius 3 is 2.96 bits per heavy atom. The minimum absolute atomic E-state index is 0.188. The number of hydrogen-bond acceptors (Lipinski definition) is 3. The number of carbonyl (C=O) groups is 1. The van der Waals surface area contributed by atoms with Crippen LogP contribution in [0, 0.1) is 11.8 Å². The lowest BCUT2D eigenvalue weighted by molar-refractivity contribution is -0.110. The molecule has 0 saturated heterocycles. The highest BCUT2D eigenvalue weighted by Crippen LogP contribution is 2.36. The van der Waals surface area contributed by atoms with Crippen LogP contribution in [0.25, 0.3) is 11.6 Å². The lowest BCUT2D eigenvalue weighted by Crippen LogP contribution is -2.03. The first-order chi connectivity index (χ1) is 11.6. The predicted molar refractivity (Wildman–Crippen MR) is 93.5 cm³/mol. The summed E-state index contributed by atoms with van der Waals surface area (Å²) in [6.45, 7) is 1.86. The van der Waals surface area contributed by atoms with Gasteiger partial charge in [0.2, 0.25) is 0 Å². The van der Waals surface area contributed by atoms with E-state index in [-0.39, 0.29) is 5.91 Å². The Balaban J connectivity index is 2.10. The molecular formula is C19H18N2O3. The fourth-order valence-corrected chi connectivity index (χ4v) is 2.56. The van der Waals surface area contributed by atoms with Crippen LogP contribution in [0.3, 0.4) is 0 Å². The second-order valence-corrected chi connectivity index (χ2v) is 5.39. The van der Waals surface area contributed by atoms with E-state index < -0.39 is 6.10 Å². The monoisotopic (exact) mass is 322 g/mol. The number of ether oxygens (including phenoxy) is 1. The van der Waals surface area contributed by atoms with Crippen molar-refractivity contribution in [3.05, 3.63) is 47.3 Å². The highest BCUT2D eigenvalue weighted by Gasteiger charge is 2.26. The summed E-state index contributed by atoms with van der Waals surface area (Å²) in [5.74, 6) is 6.25. The summed E-state index contributed by atoms with van der Waals surface area (Å²) < 4.78 is 5.27. The number of aliphatic hydroxyl groups is 1. The minimum atomic E-state index is -0.679. The van der Waals surface area contributed by atoms with E-state index in [1.54, 1.807) is 25.4 Å². The van der Waals surface area contributed by atoms with Gasteiger partial charge in [-0.2, -0.15) is 0 Å². The summed E-state index contributed by atoms with van der Waals surface area (Å²) in [6.07, 6.45) is 3.38. The minimum Gasteiger partial charge on any atom is -0.495 e. The fraction of sp³-hybridized carbons (Fsp3) is 0.211. The first kappa shape index (κ1) is 15.9. The molecule has 2 heterocycles. The zero-order valence-electron chi connectivity index (χ0n) is 13.5. The van der Waals surface area contributed by atoms with Crippen LogP contribution in [-0.4, -0.2) is 29.2 Å². The number of methoxy groups -OCH3 is 1. The first-order valence-electron chi connectivity index (χ1n) is 7.71. The zero-order chi connectivity index (χ0) is 17.1. The number of amides is 1. The molecule has 122 valence electrons. The Bertz CT molecular complexity index is 868. The van der Waals surface area contributed by atoms with Crippen molar-refractivity contribution < 1.29 is 14.6 Å². The van der Waals surface area contributed by atoms with E-state index in [4.69, 9.17) is 4.74 Å². The predicted octanol–water partition coefficient (Wildman–Crippen LogP) is 2.64. The number of nitrogens with one attached hydrogen (secondary N) is 2. The molecule has 24 heavy (non-hydrogen) atoms. The van der Waals surface area contributed by atoms with E-state index in [2.05, 4.69) is 22.1 Å². The molecule has 5 heteroatoms. The van der Waals surface area contributed by atoms with Crippen molar-refractivity contribution in [2.24, 2.45) is 0 Å². The van der Waals surface area contributed by atoms with Gasteiger partial charge in [0.1, 0.15) is 11.9 Å². The highest BCUT2D eigenvalue weighted by molar-refractivity contribution is 6.35.